The molecular weight excluding hydrogens is 955 g/mol. The fourth-order valence-electron chi connectivity index (χ4n) is 10.8. The second-order valence-electron chi connectivity index (χ2n) is 19.2. The quantitative estimate of drug-likeness (QED) is 0.0918. The summed E-state index contributed by atoms with van der Waals surface area (Å²) in [7, 11) is 0. The van der Waals surface area contributed by atoms with Crippen LogP contribution in [0.3, 0.4) is 0 Å². The number of carbonyl (C=O) groups excluding carboxylic acids is 3. The van der Waals surface area contributed by atoms with Crippen molar-refractivity contribution in [1.82, 2.24) is 29.3 Å². The summed E-state index contributed by atoms with van der Waals surface area (Å²) < 4.78 is 85.3. The van der Waals surface area contributed by atoms with Gasteiger partial charge in [0.25, 0.3) is 17.7 Å². The van der Waals surface area contributed by atoms with E-state index in [4.69, 9.17) is 17.2 Å². The number of nitrogen functional groups attached to an aromatic ring is 3. The summed E-state index contributed by atoms with van der Waals surface area (Å²) in [5.74, 6) is -2.90. The molecule has 0 saturated carbocycles. The summed E-state index contributed by atoms with van der Waals surface area (Å²) in [6.07, 6.45) is 2.03. The fraction of sp³-hybridized carbons (Fsp3) is 0.423. The third-order valence-corrected chi connectivity index (χ3v) is 14.6. The Bertz CT molecular complexity index is 2770. The van der Waals surface area contributed by atoms with Gasteiger partial charge in [0.05, 0.1) is 34.8 Å². The van der Waals surface area contributed by atoms with Gasteiger partial charge in [-0.1, -0.05) is 7.43 Å². The zero-order valence-electron chi connectivity index (χ0n) is 39.2. The van der Waals surface area contributed by atoms with Crippen LogP contribution in [0, 0.1) is 17.5 Å². The van der Waals surface area contributed by atoms with E-state index < -0.39 is 36.3 Å². The second kappa shape index (κ2) is 20.7. The molecule has 6 heterocycles. The number of benzene rings is 3. The number of hydrogen-bond acceptors (Lipinski definition) is 12. The third kappa shape index (κ3) is 9.84. The monoisotopic (exact) mass is 1010 g/mol. The summed E-state index contributed by atoms with van der Waals surface area (Å²) >= 11 is 0. The van der Waals surface area contributed by atoms with Crippen LogP contribution in [-0.2, 0) is 38.5 Å². The molecule has 3 aromatic heterocycles. The molecule has 12 rings (SSSR count). The highest BCUT2D eigenvalue weighted by Crippen LogP contribution is 2.39. The summed E-state index contributed by atoms with van der Waals surface area (Å²) in [6.45, 7) is 1.84. The molecule has 15 nitrogen and oxygen atoms in total. The van der Waals surface area contributed by atoms with E-state index in [2.05, 4.69) is 31.2 Å². The van der Waals surface area contributed by atoms with Crippen LogP contribution in [-0.4, -0.2) is 85.2 Å². The summed E-state index contributed by atoms with van der Waals surface area (Å²) in [4.78, 5) is 38.9. The van der Waals surface area contributed by atoms with Gasteiger partial charge in [-0.2, -0.15) is 29.3 Å². The van der Waals surface area contributed by atoms with Gasteiger partial charge in [0.1, 0.15) is 53.4 Å². The number of aromatic nitrogens is 6. The number of halogens is 6. The maximum atomic E-state index is 13.6. The first-order valence-corrected chi connectivity index (χ1v) is 24.4. The van der Waals surface area contributed by atoms with Crippen LogP contribution in [0.1, 0.15) is 129 Å². The van der Waals surface area contributed by atoms with Crippen molar-refractivity contribution in [2.45, 2.75) is 121 Å². The number of alkyl halides is 3. The average molecular weight is 1010 g/mol. The molecule has 3 aromatic carbocycles. The van der Waals surface area contributed by atoms with E-state index in [1.54, 1.807) is 18.2 Å². The molecule has 0 fully saturated rings. The number of nitrogens with one attached hydrogen (secondary N) is 3. The fourth-order valence-corrected chi connectivity index (χ4v) is 10.8. The van der Waals surface area contributed by atoms with Gasteiger partial charge >= 0.3 is 0 Å². The van der Waals surface area contributed by atoms with Crippen molar-refractivity contribution in [3.05, 3.63) is 123 Å². The van der Waals surface area contributed by atoms with Gasteiger partial charge in [-0.15, -0.1) is 0 Å². The van der Waals surface area contributed by atoms with Crippen molar-refractivity contribution in [3.8, 4) is 0 Å². The minimum atomic E-state index is -0.943. The Labute approximate surface area is 417 Å². The van der Waals surface area contributed by atoms with Crippen LogP contribution >= 0.6 is 0 Å². The zero-order valence-corrected chi connectivity index (χ0v) is 39.2. The lowest BCUT2D eigenvalue weighted by Crippen LogP contribution is -2.28. The highest BCUT2D eigenvalue weighted by atomic mass is 19.2. The van der Waals surface area contributed by atoms with Gasteiger partial charge in [0, 0.05) is 72.6 Å². The molecule has 21 heteroatoms. The van der Waals surface area contributed by atoms with Gasteiger partial charge in [-0.3, -0.25) is 14.4 Å². The Kier molecular flexibility index (Phi) is 14.3. The zero-order chi connectivity index (χ0) is 50.5. The number of carbonyl (C=O) groups is 3. The molecule has 6 aliphatic rings. The molecule has 73 heavy (non-hydrogen) atoms. The minimum absolute atomic E-state index is 0. The van der Waals surface area contributed by atoms with Gasteiger partial charge in [0.2, 0.25) is 0 Å². The van der Waals surface area contributed by atoms with Gasteiger partial charge in [-0.05, 0) is 129 Å². The van der Waals surface area contributed by atoms with Crippen LogP contribution < -0.4 is 33.2 Å². The van der Waals surface area contributed by atoms with Gasteiger partial charge in [-0.25, -0.2) is 26.3 Å². The van der Waals surface area contributed by atoms with Crippen molar-refractivity contribution >= 4 is 52.2 Å². The first-order chi connectivity index (χ1) is 34.6. The van der Waals surface area contributed by atoms with Crippen molar-refractivity contribution < 1.29 is 40.7 Å². The first-order valence-electron chi connectivity index (χ1n) is 24.4. The Balaban J connectivity index is 0.000000134. The van der Waals surface area contributed by atoms with Crippen molar-refractivity contribution in [2.75, 3.05) is 52.8 Å². The highest BCUT2D eigenvalue weighted by Gasteiger charge is 2.36. The van der Waals surface area contributed by atoms with Crippen LogP contribution in [0.25, 0.3) is 0 Å². The average Bonchev–Trinajstić information content (AvgIpc) is 4.01. The second-order valence-corrected chi connectivity index (χ2v) is 19.2. The smallest absolute Gasteiger partial charge is 0.256 e. The third-order valence-electron chi connectivity index (χ3n) is 14.6. The maximum absolute atomic E-state index is 13.6. The van der Waals surface area contributed by atoms with E-state index >= 15 is 0 Å². The molecule has 9 N–H and O–H groups in total. The molecule has 0 amide bonds. The van der Waals surface area contributed by atoms with Crippen LogP contribution in [0.4, 0.5) is 60.9 Å². The minimum Gasteiger partial charge on any atom is -0.385 e. The van der Waals surface area contributed by atoms with Gasteiger partial charge < -0.3 is 33.2 Å². The number of nitrogens with two attached hydrogens (primary N) is 3. The van der Waals surface area contributed by atoms with Crippen molar-refractivity contribution in [3.63, 3.8) is 0 Å². The molecular formula is C52H58F6N12O3. The van der Waals surface area contributed by atoms with E-state index in [9.17, 15) is 40.7 Å². The lowest BCUT2D eigenvalue weighted by molar-refractivity contribution is 0.0851. The van der Waals surface area contributed by atoms with Gasteiger partial charge in [0.15, 0.2) is 0 Å². The Morgan fingerprint density at radius 3 is 1.01 bits per heavy atom. The highest BCUT2D eigenvalue weighted by molar-refractivity contribution is 5.92. The molecule has 0 saturated heterocycles. The predicted octanol–water partition coefficient (Wildman–Crippen LogP) is 8.65. The number of anilines is 6. The largest absolute Gasteiger partial charge is 0.385 e. The topological polar surface area (TPSA) is 219 Å². The van der Waals surface area contributed by atoms with E-state index in [1.165, 1.54) is 50.4 Å². The molecule has 386 valence electrons. The molecule has 6 aromatic rings. The predicted molar refractivity (Wildman–Crippen MR) is 266 cm³/mol. The maximum Gasteiger partial charge on any atom is 0.256 e. The number of hydrogen-bond donors (Lipinski definition) is 6. The number of fused-ring (bicyclic) bond motifs is 6. The first kappa shape index (κ1) is 50.6. The van der Waals surface area contributed by atoms with Crippen molar-refractivity contribution in [2.24, 2.45) is 0 Å². The molecule has 3 aliphatic heterocycles. The standard InChI is InChI=1S/3C17H18F2N4O.CH4/c3*18-9-1-3-14-12(7-9)11(5-6-21-14)17(24)23-16(20)13-8-10(19)2-4-15(13)22-23;/h3*1,3,7,10-11,21H,2,4-6,8,20H2;1H4/t10-,11?;10-,11+;10-,11-;/m000./s1. The SMILES string of the molecule is C.Nc1c2c(nn1C(=O)C1CCNc3ccc(F)cc31)CC[C@H](F)C2.Nc1c2c(nn1C(=O)[C@@H]1CCNc3ccc(F)cc31)CC[C@H](F)C2.Nc1c2c(nn1C(=O)[C@H]1CCNc3ccc(F)cc31)CC[C@H](F)C2. The summed E-state index contributed by atoms with van der Waals surface area (Å²) in [6, 6.07) is 13.1. The van der Waals surface area contributed by atoms with E-state index in [0.717, 1.165) is 17.1 Å². The van der Waals surface area contributed by atoms with Crippen LogP contribution in [0.5, 0.6) is 0 Å². The molecule has 6 atom stereocenters. The normalized spacial score (nSPS) is 22.1. The van der Waals surface area contributed by atoms with E-state index in [0.29, 0.717) is 128 Å². The summed E-state index contributed by atoms with van der Waals surface area (Å²) in [5.41, 5.74) is 26.3. The number of aryl methyl sites for hydroxylation is 3. The number of rotatable bonds is 3. The van der Waals surface area contributed by atoms with E-state index in [-0.39, 0.29) is 79.3 Å². The van der Waals surface area contributed by atoms with Crippen LogP contribution in [0.15, 0.2) is 54.6 Å². The molecule has 0 spiro atoms. The molecule has 0 bridgehead atoms. The molecule has 1 unspecified atom stereocenters. The van der Waals surface area contributed by atoms with Crippen LogP contribution in [0.2, 0.25) is 0 Å². The lowest BCUT2D eigenvalue weighted by atomic mass is 9.90. The van der Waals surface area contributed by atoms with Crippen molar-refractivity contribution in [1.29, 1.82) is 0 Å². The lowest BCUT2D eigenvalue weighted by Gasteiger charge is -2.25. The van der Waals surface area contributed by atoms with E-state index in [1.807, 2.05) is 0 Å². The Morgan fingerprint density at radius 1 is 0.466 bits per heavy atom. The summed E-state index contributed by atoms with van der Waals surface area (Å²) in [5, 5.41) is 22.4. The number of nitrogens with zero attached hydrogens (tertiary/aromatic N) is 6. The molecule has 3 aliphatic carbocycles. The molecule has 0 radical (unpaired) electrons. The Morgan fingerprint density at radius 2 is 0.740 bits per heavy atom. The Hall–Kier alpha value is -7.32.